The molecule has 0 radical (unpaired) electrons. The van der Waals surface area contributed by atoms with E-state index in [9.17, 15) is 13.0 Å². The monoisotopic (exact) mass is 463 g/mol. The van der Waals surface area contributed by atoms with Crippen LogP contribution >= 0.6 is 0 Å². The summed E-state index contributed by atoms with van der Waals surface area (Å²) < 4.78 is 42.5. The molecule has 0 N–H and O–H groups in total. The molecule has 8 heteroatoms. The van der Waals surface area contributed by atoms with Gasteiger partial charge in [0, 0.05) is 29.9 Å². The predicted molar refractivity (Wildman–Crippen MR) is 115 cm³/mol. The van der Waals surface area contributed by atoms with Gasteiger partial charge in [0.05, 0.1) is 11.0 Å². The number of hydrogen-bond donors (Lipinski definition) is 0. The van der Waals surface area contributed by atoms with Crippen LogP contribution in [0, 0.1) is 0 Å². The van der Waals surface area contributed by atoms with Crippen molar-refractivity contribution in [2.24, 2.45) is 0 Å². The number of likely N-dealkylation sites (N-methyl/N-ethyl adjacent to an activating group) is 1. The third-order valence-corrected chi connectivity index (χ3v) is 6.57. The van der Waals surface area contributed by atoms with Crippen LogP contribution in [0.2, 0.25) is 0 Å². The van der Waals surface area contributed by atoms with Crippen molar-refractivity contribution in [1.82, 2.24) is 0 Å². The summed E-state index contributed by atoms with van der Waals surface area (Å²) in [5.74, 6) is 0.756. The maximum absolute atomic E-state index is 11.5. The molecular weight excluding hydrogens is 439 g/mol. The minimum atomic E-state index is -4.50. The molecule has 1 aromatic heterocycles. The zero-order valence-electron chi connectivity index (χ0n) is 18.4. The number of benzene rings is 2. The average Bonchev–Trinajstić information content (AvgIpc) is 3.14. The molecular formula is C23H24KN2O4S+. The molecule has 0 unspecified atom stereocenters. The molecule has 0 fully saturated rings. The van der Waals surface area contributed by atoms with Gasteiger partial charge in [-0.25, -0.2) is 8.42 Å². The van der Waals surface area contributed by atoms with Crippen LogP contribution in [0.1, 0.15) is 32.2 Å². The van der Waals surface area contributed by atoms with Gasteiger partial charge in [0.15, 0.2) is 0 Å². The molecule has 3 aromatic rings. The molecule has 0 amide bonds. The Morgan fingerprint density at radius 2 is 1.90 bits per heavy atom. The van der Waals surface area contributed by atoms with Gasteiger partial charge >= 0.3 is 57.3 Å². The third kappa shape index (κ3) is 4.35. The summed E-state index contributed by atoms with van der Waals surface area (Å²) in [6.45, 7) is 6.90. The molecule has 0 atom stereocenters. The number of nitrogens with zero attached hydrogens (tertiary/aromatic N) is 2. The van der Waals surface area contributed by atoms with Crippen LogP contribution in [-0.2, 0) is 22.1 Å². The molecule has 0 bridgehead atoms. The van der Waals surface area contributed by atoms with Gasteiger partial charge in [-0.1, -0.05) is 32.1 Å². The molecule has 0 aliphatic carbocycles. The van der Waals surface area contributed by atoms with Crippen LogP contribution in [-0.4, -0.2) is 20.0 Å². The van der Waals surface area contributed by atoms with Gasteiger partial charge < -0.3 is 13.9 Å². The van der Waals surface area contributed by atoms with Gasteiger partial charge in [-0.2, -0.15) is 4.57 Å². The van der Waals surface area contributed by atoms with Crippen LogP contribution < -0.4 is 60.9 Å². The number of allylic oxidation sites excluding steroid dienone is 3. The number of para-hydroxylation sites is 2. The Morgan fingerprint density at radius 3 is 2.58 bits per heavy atom. The molecule has 4 rings (SSSR count). The quantitative estimate of drug-likeness (QED) is 0.327. The largest absolute Gasteiger partial charge is 1.00 e. The number of fused-ring (bicyclic) bond motifs is 2. The summed E-state index contributed by atoms with van der Waals surface area (Å²) in [7, 11) is -2.56. The van der Waals surface area contributed by atoms with E-state index in [1.54, 1.807) is 6.07 Å². The Bertz CT molecular complexity index is 1310. The number of aryl methyl sites for hydroxylation is 1. The Labute approximate surface area is 225 Å². The molecule has 31 heavy (non-hydrogen) atoms. The maximum Gasteiger partial charge on any atom is 1.00 e. The van der Waals surface area contributed by atoms with Crippen molar-refractivity contribution >= 4 is 33.0 Å². The van der Waals surface area contributed by atoms with Gasteiger partial charge in [-0.15, -0.1) is 0 Å². The summed E-state index contributed by atoms with van der Waals surface area (Å²) >= 11 is 0. The van der Waals surface area contributed by atoms with Gasteiger partial charge in [0.1, 0.15) is 16.7 Å². The first-order valence-electron chi connectivity index (χ1n) is 9.79. The van der Waals surface area contributed by atoms with E-state index in [0.717, 1.165) is 40.5 Å². The minimum absolute atomic E-state index is 0. The fourth-order valence-electron chi connectivity index (χ4n) is 4.20. The second-order valence-corrected chi connectivity index (χ2v) is 9.26. The van der Waals surface area contributed by atoms with Crippen LogP contribution in [0.25, 0.3) is 17.2 Å². The van der Waals surface area contributed by atoms with Crippen molar-refractivity contribution in [3.05, 3.63) is 71.8 Å². The van der Waals surface area contributed by atoms with Gasteiger partial charge in [-0.3, -0.25) is 0 Å². The topological polar surface area (TPSA) is 77.5 Å². The van der Waals surface area contributed by atoms with E-state index in [2.05, 4.69) is 11.5 Å². The van der Waals surface area contributed by atoms with E-state index in [1.165, 1.54) is 12.1 Å². The molecule has 2 aromatic carbocycles. The van der Waals surface area contributed by atoms with Gasteiger partial charge in [-0.05, 0) is 42.8 Å². The average molecular weight is 464 g/mol. The molecule has 0 saturated carbocycles. The summed E-state index contributed by atoms with van der Waals surface area (Å²) in [6, 6.07) is 12.5. The van der Waals surface area contributed by atoms with E-state index >= 15 is 0 Å². The Morgan fingerprint density at radius 1 is 1.19 bits per heavy atom. The molecule has 6 nitrogen and oxygen atoms in total. The van der Waals surface area contributed by atoms with Crippen molar-refractivity contribution in [3.8, 4) is 0 Å². The number of anilines is 1. The summed E-state index contributed by atoms with van der Waals surface area (Å²) in [5, 5.41) is 0. The second-order valence-electron chi connectivity index (χ2n) is 7.88. The maximum atomic E-state index is 11.5. The van der Waals surface area contributed by atoms with Crippen molar-refractivity contribution in [3.63, 3.8) is 0 Å². The molecule has 2 heterocycles. The molecule has 156 valence electrons. The van der Waals surface area contributed by atoms with E-state index in [1.807, 2.05) is 68.3 Å². The first-order chi connectivity index (χ1) is 14.1. The molecule has 0 spiro atoms. The van der Waals surface area contributed by atoms with Crippen LogP contribution in [0.15, 0.2) is 69.6 Å². The standard InChI is InChI=1S/C23H24N2O4S.K/c1-5-25-19-9-6-7-10-20(19)29-22(25)12-8-11-21-23(2,3)17-15-16(30(26,27)28)13-14-18(17)24(21)4;/h6-15H,5H2,1-4H3;/q;+1. The first-order valence-corrected chi connectivity index (χ1v) is 11.2. The fourth-order valence-corrected chi connectivity index (χ4v) is 4.69. The molecule has 1 aliphatic heterocycles. The normalized spacial score (nSPS) is 16.8. The fraction of sp³-hybridized carbons (Fsp3) is 0.261. The van der Waals surface area contributed by atoms with Crippen LogP contribution in [0.4, 0.5) is 5.69 Å². The number of hydrogen-bond acceptors (Lipinski definition) is 5. The number of rotatable bonds is 4. The summed E-state index contributed by atoms with van der Waals surface area (Å²) in [6.07, 6.45) is 5.87. The summed E-state index contributed by atoms with van der Waals surface area (Å²) in [4.78, 5) is 1.82. The van der Waals surface area contributed by atoms with Crippen molar-refractivity contribution in [2.45, 2.75) is 37.6 Å². The minimum Gasteiger partial charge on any atom is -0.744 e. The van der Waals surface area contributed by atoms with E-state index in [0.29, 0.717) is 0 Å². The zero-order chi connectivity index (χ0) is 21.7. The van der Waals surface area contributed by atoms with Crippen molar-refractivity contribution < 1.29 is 73.3 Å². The Kier molecular flexibility index (Phi) is 7.03. The SMILES string of the molecule is CC[n+]1c(/C=C\C=C2/N(C)c3ccc(S(=O)(=O)[O-])cc3C2(C)C)oc2ccccc21.[K+]. The van der Waals surface area contributed by atoms with Crippen molar-refractivity contribution in [2.75, 3.05) is 11.9 Å². The van der Waals surface area contributed by atoms with Crippen LogP contribution in [0.3, 0.4) is 0 Å². The third-order valence-electron chi connectivity index (χ3n) is 5.74. The second kappa shape index (κ2) is 8.94. The predicted octanol–water partition coefficient (Wildman–Crippen LogP) is 0.973. The van der Waals surface area contributed by atoms with E-state index < -0.39 is 15.5 Å². The Hall–Kier alpha value is -1.26. The number of oxazole rings is 1. The summed E-state index contributed by atoms with van der Waals surface area (Å²) in [5.41, 5.74) is 4.12. The van der Waals surface area contributed by atoms with E-state index in [4.69, 9.17) is 4.42 Å². The zero-order valence-corrected chi connectivity index (χ0v) is 22.4. The van der Waals surface area contributed by atoms with Gasteiger partial charge in [0.25, 0.3) is 5.52 Å². The first kappa shape index (κ1) is 24.4. The van der Waals surface area contributed by atoms with Crippen molar-refractivity contribution in [1.29, 1.82) is 0 Å². The van der Waals surface area contributed by atoms with Gasteiger partial charge in [0.2, 0.25) is 5.58 Å². The smallest absolute Gasteiger partial charge is 0.744 e. The number of aromatic nitrogens is 1. The van der Waals surface area contributed by atoms with E-state index in [-0.39, 0.29) is 56.3 Å². The Balaban J connectivity index is 0.00000272. The van der Waals surface area contributed by atoms with Crippen LogP contribution in [0.5, 0.6) is 0 Å². The molecule has 0 saturated heterocycles. The molecule has 1 aliphatic rings.